The molecule has 5 nitrogen and oxygen atoms in total. The fraction of sp³-hybridized carbons (Fsp3) is 0.667. The van der Waals surface area contributed by atoms with Crippen LogP contribution in [0.3, 0.4) is 0 Å². The highest BCUT2D eigenvalue weighted by molar-refractivity contribution is 5.80. The second-order valence-electron chi connectivity index (χ2n) is 8.18. The fourth-order valence-electron chi connectivity index (χ4n) is 3.14. The number of unbranched alkanes of at least 4 members (excludes halogenated alkanes) is 7. The first-order chi connectivity index (χ1) is 15.6. The lowest BCUT2D eigenvalue weighted by Crippen LogP contribution is -2.48. The molecule has 0 aromatic rings. The van der Waals surface area contributed by atoms with E-state index in [1.807, 2.05) is 19.1 Å². The average molecular weight is 450 g/mol. The molecule has 0 aromatic heterocycles. The van der Waals surface area contributed by atoms with Gasteiger partial charge in [0.25, 0.3) is 0 Å². The van der Waals surface area contributed by atoms with E-state index in [1.54, 1.807) is 6.08 Å². The minimum Gasteiger partial charge on any atom is -0.394 e. The van der Waals surface area contributed by atoms with E-state index in [-0.39, 0.29) is 6.61 Å². The summed E-state index contributed by atoms with van der Waals surface area (Å²) in [4.78, 5) is 12.2. The van der Waals surface area contributed by atoms with Gasteiger partial charge >= 0.3 is 0 Å². The van der Waals surface area contributed by atoms with Crippen LogP contribution in [-0.2, 0) is 4.79 Å². The highest BCUT2D eigenvalue weighted by Crippen LogP contribution is 2.08. The highest BCUT2D eigenvalue weighted by atomic mass is 16.3. The number of aliphatic hydroxyl groups is 3. The summed E-state index contributed by atoms with van der Waals surface area (Å²) in [7, 11) is 0. The monoisotopic (exact) mass is 449 g/mol. The summed E-state index contributed by atoms with van der Waals surface area (Å²) < 4.78 is 0. The van der Waals surface area contributed by atoms with E-state index in [0.29, 0.717) is 6.42 Å². The van der Waals surface area contributed by atoms with Crippen molar-refractivity contribution < 1.29 is 20.1 Å². The maximum Gasteiger partial charge on any atom is 0.249 e. The molecule has 5 heteroatoms. The molecule has 0 aliphatic heterocycles. The van der Waals surface area contributed by atoms with Crippen LogP contribution >= 0.6 is 0 Å². The first-order valence-electron chi connectivity index (χ1n) is 12.4. The Morgan fingerprint density at radius 3 is 2.03 bits per heavy atom. The van der Waals surface area contributed by atoms with E-state index >= 15 is 0 Å². The molecule has 0 bridgehead atoms. The lowest BCUT2D eigenvalue weighted by Gasteiger charge is -2.21. The van der Waals surface area contributed by atoms with Crippen LogP contribution < -0.4 is 5.32 Å². The molecule has 0 radical (unpaired) electrons. The number of allylic oxidation sites excluding steroid dienone is 7. The molecular formula is C27H47NO4. The Bertz CT molecular complexity index is 554. The third-order valence-electron chi connectivity index (χ3n) is 5.21. The Hall–Kier alpha value is -1.69. The lowest BCUT2D eigenvalue weighted by atomic mass is 10.1. The molecule has 32 heavy (non-hydrogen) atoms. The second-order valence-corrected chi connectivity index (χ2v) is 8.18. The smallest absolute Gasteiger partial charge is 0.249 e. The highest BCUT2D eigenvalue weighted by Gasteiger charge is 2.22. The van der Waals surface area contributed by atoms with Crippen LogP contribution in [0.4, 0.5) is 0 Å². The van der Waals surface area contributed by atoms with E-state index in [0.717, 1.165) is 57.8 Å². The van der Waals surface area contributed by atoms with Crippen LogP contribution in [-0.4, -0.2) is 46.1 Å². The Kier molecular flexibility index (Phi) is 21.3. The normalized spacial score (nSPS) is 15.3. The third kappa shape index (κ3) is 17.9. The number of carbonyl (C=O) groups is 1. The second kappa shape index (κ2) is 22.5. The largest absolute Gasteiger partial charge is 0.394 e. The maximum atomic E-state index is 12.2. The van der Waals surface area contributed by atoms with Crippen molar-refractivity contribution in [3.05, 3.63) is 48.6 Å². The SMILES string of the molecule is C/C=C/CC/C=C/CC/C=C/C(O)C(CO)NC(=O)C(O)CCCCC/C=C\CCCC. The molecule has 1 amide bonds. The number of hydrogen-bond acceptors (Lipinski definition) is 4. The van der Waals surface area contributed by atoms with Gasteiger partial charge in [-0.2, -0.15) is 0 Å². The summed E-state index contributed by atoms with van der Waals surface area (Å²) in [6.45, 7) is 3.81. The van der Waals surface area contributed by atoms with Gasteiger partial charge in [-0.05, 0) is 58.3 Å². The Morgan fingerprint density at radius 1 is 0.812 bits per heavy atom. The summed E-state index contributed by atoms with van der Waals surface area (Å²) in [5.41, 5.74) is 0. The molecule has 0 heterocycles. The molecule has 0 saturated heterocycles. The van der Waals surface area contributed by atoms with Gasteiger partial charge in [-0.15, -0.1) is 0 Å². The van der Waals surface area contributed by atoms with Crippen LogP contribution in [0.2, 0.25) is 0 Å². The van der Waals surface area contributed by atoms with Crippen molar-refractivity contribution in [1.29, 1.82) is 0 Å². The molecular weight excluding hydrogens is 402 g/mol. The zero-order chi connectivity index (χ0) is 23.9. The molecule has 0 aromatic carbocycles. The van der Waals surface area contributed by atoms with E-state index in [1.165, 1.54) is 12.8 Å². The Morgan fingerprint density at radius 2 is 1.41 bits per heavy atom. The molecule has 184 valence electrons. The molecule has 3 unspecified atom stereocenters. The van der Waals surface area contributed by atoms with Crippen molar-refractivity contribution in [3.63, 3.8) is 0 Å². The minimum atomic E-state index is -1.12. The first kappa shape index (κ1) is 30.3. The molecule has 4 N–H and O–H groups in total. The minimum absolute atomic E-state index is 0.385. The lowest BCUT2D eigenvalue weighted by molar-refractivity contribution is -0.131. The van der Waals surface area contributed by atoms with Crippen molar-refractivity contribution in [2.45, 2.75) is 109 Å². The molecule has 0 fully saturated rings. The topological polar surface area (TPSA) is 89.8 Å². The zero-order valence-electron chi connectivity index (χ0n) is 20.3. The van der Waals surface area contributed by atoms with Crippen molar-refractivity contribution >= 4 is 5.91 Å². The van der Waals surface area contributed by atoms with Crippen LogP contribution in [0.15, 0.2) is 48.6 Å². The van der Waals surface area contributed by atoms with Crippen molar-refractivity contribution in [2.75, 3.05) is 6.61 Å². The molecule has 0 aliphatic carbocycles. The Labute approximate surface area is 196 Å². The number of amides is 1. The van der Waals surface area contributed by atoms with Crippen molar-refractivity contribution in [1.82, 2.24) is 5.32 Å². The fourth-order valence-corrected chi connectivity index (χ4v) is 3.14. The van der Waals surface area contributed by atoms with Gasteiger partial charge in [0.1, 0.15) is 6.10 Å². The molecule has 0 rings (SSSR count). The predicted octanol–water partition coefficient (Wildman–Crippen LogP) is 5.13. The van der Waals surface area contributed by atoms with E-state index in [2.05, 4.69) is 42.6 Å². The number of hydrogen-bond donors (Lipinski definition) is 4. The van der Waals surface area contributed by atoms with Gasteiger partial charge in [0.05, 0.1) is 18.8 Å². The molecule has 0 saturated carbocycles. The van der Waals surface area contributed by atoms with Crippen LogP contribution in [0.25, 0.3) is 0 Å². The van der Waals surface area contributed by atoms with Gasteiger partial charge in [0.15, 0.2) is 0 Å². The third-order valence-corrected chi connectivity index (χ3v) is 5.21. The summed E-state index contributed by atoms with van der Waals surface area (Å²) >= 11 is 0. The number of aliphatic hydroxyl groups excluding tert-OH is 3. The standard InChI is InChI=1S/C27H47NO4/c1-3-5-7-9-11-13-15-17-19-21-25(30)24(23-29)28-27(32)26(31)22-20-18-16-14-12-10-8-6-4-2/h3,5,10-13,19,21,24-26,29-31H,4,6-9,14-18,20,22-23H2,1-2H3,(H,28,32)/b5-3+,12-10-,13-11+,21-19+. The van der Waals surface area contributed by atoms with Crippen LogP contribution in [0, 0.1) is 0 Å². The number of nitrogens with one attached hydrogen (secondary N) is 1. The predicted molar refractivity (Wildman–Crippen MR) is 134 cm³/mol. The zero-order valence-corrected chi connectivity index (χ0v) is 20.3. The number of rotatable bonds is 20. The molecule has 0 aliphatic rings. The van der Waals surface area contributed by atoms with Crippen LogP contribution in [0.5, 0.6) is 0 Å². The summed E-state index contributed by atoms with van der Waals surface area (Å²) in [6.07, 6.45) is 25.7. The van der Waals surface area contributed by atoms with Crippen molar-refractivity contribution in [3.8, 4) is 0 Å². The van der Waals surface area contributed by atoms with E-state index in [9.17, 15) is 20.1 Å². The molecule has 0 spiro atoms. The summed E-state index contributed by atoms with van der Waals surface area (Å²) in [5, 5.41) is 32.4. The van der Waals surface area contributed by atoms with Gasteiger partial charge in [-0.1, -0.05) is 81.2 Å². The van der Waals surface area contributed by atoms with Gasteiger partial charge < -0.3 is 20.6 Å². The van der Waals surface area contributed by atoms with Gasteiger partial charge in [-0.3, -0.25) is 4.79 Å². The van der Waals surface area contributed by atoms with Crippen LogP contribution in [0.1, 0.15) is 90.9 Å². The van der Waals surface area contributed by atoms with Gasteiger partial charge in [-0.25, -0.2) is 0 Å². The molecule has 3 atom stereocenters. The van der Waals surface area contributed by atoms with Gasteiger partial charge in [0, 0.05) is 0 Å². The quantitative estimate of drug-likeness (QED) is 0.153. The maximum absolute atomic E-state index is 12.2. The Balaban J connectivity index is 4.05. The summed E-state index contributed by atoms with van der Waals surface area (Å²) in [6, 6.07) is -0.821. The van der Waals surface area contributed by atoms with E-state index in [4.69, 9.17) is 0 Å². The van der Waals surface area contributed by atoms with Gasteiger partial charge in [0.2, 0.25) is 5.91 Å². The first-order valence-corrected chi connectivity index (χ1v) is 12.4. The van der Waals surface area contributed by atoms with Crippen molar-refractivity contribution in [2.24, 2.45) is 0 Å². The average Bonchev–Trinajstić information content (AvgIpc) is 2.79. The summed E-state index contributed by atoms with van der Waals surface area (Å²) in [5.74, 6) is -0.542. The number of carbonyl (C=O) groups excluding carboxylic acids is 1. The van der Waals surface area contributed by atoms with E-state index < -0.39 is 24.2 Å².